The Morgan fingerprint density at radius 2 is 1.88 bits per heavy atom. The van der Waals surface area contributed by atoms with Crippen molar-refractivity contribution >= 4 is 0 Å². The van der Waals surface area contributed by atoms with Gasteiger partial charge in [-0.2, -0.15) is 0 Å². The van der Waals surface area contributed by atoms with Gasteiger partial charge in [-0.25, -0.2) is 0 Å². The maximum Gasteiger partial charge on any atom is 0.246 e. The minimum absolute atomic E-state index is 0.233. The van der Waals surface area contributed by atoms with Crippen molar-refractivity contribution in [3.8, 4) is 0 Å². The second-order valence-electron chi connectivity index (χ2n) is 1.43. The molecule has 0 aliphatic rings. The molecule has 8 heavy (non-hydrogen) atoms. The van der Waals surface area contributed by atoms with Crippen molar-refractivity contribution in [1.82, 2.24) is 0 Å². The summed E-state index contributed by atoms with van der Waals surface area (Å²) >= 11 is 0. The largest absolute Gasteiger partial charge is 0.594 e. The molecule has 0 atom stereocenters. The van der Waals surface area contributed by atoms with Crippen LogP contribution in [0.4, 0.5) is 0 Å². The van der Waals surface area contributed by atoms with Gasteiger partial charge in [0.15, 0.2) is 0 Å². The first-order valence-electron chi connectivity index (χ1n) is 2.16. The van der Waals surface area contributed by atoms with Crippen LogP contribution in [0, 0.1) is 0 Å². The van der Waals surface area contributed by atoms with Gasteiger partial charge in [0.05, 0.1) is 0 Å². The van der Waals surface area contributed by atoms with Gasteiger partial charge in [-0.3, -0.25) is 0 Å². The van der Waals surface area contributed by atoms with Gasteiger partial charge in [0.1, 0.15) is 0 Å². The zero-order valence-electron chi connectivity index (χ0n) is 4.65. The van der Waals surface area contributed by atoms with Crippen LogP contribution < -0.4 is 5.73 Å². The van der Waals surface area contributed by atoms with Crippen LogP contribution in [-0.2, 0) is 0 Å². The van der Waals surface area contributed by atoms with Crippen molar-refractivity contribution in [3.63, 3.8) is 0 Å². The maximum absolute atomic E-state index is 6.79. The van der Waals surface area contributed by atoms with E-state index in [-0.39, 0.29) is 5.76 Å². The fraction of sp³-hybridized carbons (Fsp3) is 0. The first-order valence-corrected chi connectivity index (χ1v) is 2.16. The molecular formula is C6H10NO+. The smallest absolute Gasteiger partial charge is 0.246 e. The molecule has 0 spiro atoms. The van der Waals surface area contributed by atoms with Crippen LogP contribution in [0.3, 0.4) is 0 Å². The van der Waals surface area contributed by atoms with Gasteiger partial charge >= 0.3 is 0 Å². The Balaban J connectivity index is 3.67. The maximum atomic E-state index is 6.79. The van der Waals surface area contributed by atoms with Gasteiger partial charge in [0.2, 0.25) is 5.76 Å². The quantitative estimate of drug-likeness (QED) is 0.311. The molecule has 0 saturated carbocycles. The van der Waals surface area contributed by atoms with E-state index in [0.717, 1.165) is 0 Å². The standard InChI is InChI=1S/C6H9NO/c1-5(7)3-4-6(2)8/h3-4,8H,1-2,7H2/p+1/b4-3-. The first-order chi connectivity index (χ1) is 3.63. The zero-order valence-corrected chi connectivity index (χ0v) is 4.65. The van der Waals surface area contributed by atoms with Crippen LogP contribution in [-0.4, -0.2) is 5.11 Å². The van der Waals surface area contributed by atoms with E-state index in [9.17, 15) is 0 Å². The molecule has 0 aromatic carbocycles. The van der Waals surface area contributed by atoms with Gasteiger partial charge in [0, 0.05) is 11.8 Å². The van der Waals surface area contributed by atoms with Gasteiger partial charge in [-0.05, 0) is 12.7 Å². The summed E-state index contributed by atoms with van der Waals surface area (Å²) in [5.74, 6) is 0.233. The van der Waals surface area contributed by atoms with E-state index in [1.807, 2.05) is 0 Å². The van der Waals surface area contributed by atoms with Crippen molar-refractivity contribution in [2.75, 3.05) is 0 Å². The average Bonchev–Trinajstić information content (AvgIpc) is 1.61. The summed E-state index contributed by atoms with van der Waals surface area (Å²) in [5, 5.41) is 6.79. The van der Waals surface area contributed by atoms with E-state index < -0.39 is 0 Å². The van der Waals surface area contributed by atoms with Crippen molar-refractivity contribution in [2.24, 2.45) is 5.73 Å². The molecule has 0 heterocycles. The summed E-state index contributed by atoms with van der Waals surface area (Å²) in [6, 6.07) is 0. The van der Waals surface area contributed by atoms with E-state index >= 15 is 0 Å². The highest BCUT2D eigenvalue weighted by Crippen LogP contribution is 1.86. The Hall–Kier alpha value is -1.18. The number of hydrogen-bond donors (Lipinski definition) is 1. The van der Waals surface area contributed by atoms with Gasteiger partial charge in [-0.1, -0.05) is 6.58 Å². The molecule has 0 unspecified atom stereocenters. The highest BCUT2D eigenvalue weighted by molar-refractivity contribution is 5.17. The predicted octanol–water partition coefficient (Wildman–Crippen LogP) is 0.253. The van der Waals surface area contributed by atoms with E-state index in [1.54, 1.807) is 0 Å². The molecule has 0 bridgehead atoms. The Kier molecular flexibility index (Phi) is 2.48. The highest BCUT2D eigenvalue weighted by Gasteiger charge is 1.80. The van der Waals surface area contributed by atoms with Gasteiger partial charge in [0.25, 0.3) is 0 Å². The van der Waals surface area contributed by atoms with Crippen LogP contribution in [0.1, 0.15) is 0 Å². The lowest BCUT2D eigenvalue weighted by atomic mass is 10.4. The number of hydrogen-bond acceptors (Lipinski definition) is 1. The summed E-state index contributed by atoms with van der Waals surface area (Å²) < 4.78 is 0. The Bertz CT molecular complexity index is 119. The normalized spacial score (nSPS) is 9.50. The molecule has 0 aliphatic carbocycles. The van der Waals surface area contributed by atoms with Crippen LogP contribution in [0.2, 0.25) is 0 Å². The third kappa shape index (κ3) is 4.82. The lowest BCUT2D eigenvalue weighted by Gasteiger charge is -1.82. The van der Waals surface area contributed by atoms with E-state index in [4.69, 9.17) is 10.8 Å². The summed E-state index contributed by atoms with van der Waals surface area (Å²) in [4.78, 5) is 0. The monoisotopic (exact) mass is 112 g/mol. The second-order valence-corrected chi connectivity index (χ2v) is 1.43. The van der Waals surface area contributed by atoms with Crippen LogP contribution in [0.25, 0.3) is 0 Å². The lowest BCUT2D eigenvalue weighted by molar-refractivity contribution is 0.435. The molecule has 44 valence electrons. The molecule has 0 radical (unpaired) electrons. The molecule has 4 N–H and O–H groups in total. The third-order valence-corrected chi connectivity index (χ3v) is 0.499. The van der Waals surface area contributed by atoms with Crippen molar-refractivity contribution in [3.05, 3.63) is 36.8 Å². The van der Waals surface area contributed by atoms with Crippen molar-refractivity contribution in [2.45, 2.75) is 0 Å². The fourth-order valence-corrected chi connectivity index (χ4v) is 0.208. The molecule has 0 fully saturated rings. The van der Waals surface area contributed by atoms with Crippen molar-refractivity contribution < 1.29 is 5.11 Å². The first kappa shape index (κ1) is 6.82. The highest BCUT2D eigenvalue weighted by atomic mass is 16.3. The summed E-state index contributed by atoms with van der Waals surface area (Å²) in [6.45, 7) is 6.70. The summed E-state index contributed by atoms with van der Waals surface area (Å²) in [6.07, 6.45) is 3.03. The molecule has 0 amide bonds. The number of nitrogens with two attached hydrogens (primary N) is 1. The van der Waals surface area contributed by atoms with E-state index in [0.29, 0.717) is 5.70 Å². The summed E-state index contributed by atoms with van der Waals surface area (Å²) in [7, 11) is 0. The zero-order chi connectivity index (χ0) is 6.57. The minimum atomic E-state index is 0.233. The molecule has 0 saturated heterocycles. The van der Waals surface area contributed by atoms with Gasteiger partial charge < -0.3 is 10.8 Å². The van der Waals surface area contributed by atoms with E-state index in [2.05, 4.69) is 13.2 Å². The Morgan fingerprint density at radius 3 is 2.00 bits per heavy atom. The average molecular weight is 112 g/mol. The molecule has 2 heteroatoms. The number of allylic oxidation sites excluding steroid dienone is 2. The topological polar surface area (TPSA) is 48.9 Å². The minimum Gasteiger partial charge on any atom is -0.594 e. The van der Waals surface area contributed by atoms with Crippen LogP contribution in [0.5, 0.6) is 0 Å². The predicted molar refractivity (Wildman–Crippen MR) is 35.2 cm³/mol. The van der Waals surface area contributed by atoms with E-state index in [1.165, 1.54) is 12.2 Å². The van der Waals surface area contributed by atoms with Crippen LogP contribution in [0.15, 0.2) is 36.8 Å². The lowest BCUT2D eigenvalue weighted by Crippen LogP contribution is -1.88. The molecule has 0 aromatic heterocycles. The Labute approximate surface area is 48.6 Å². The number of rotatable bonds is 2. The second kappa shape index (κ2) is 2.91. The molecular weight excluding hydrogens is 102 g/mol. The molecule has 0 aromatic rings. The molecule has 0 aliphatic heterocycles. The summed E-state index contributed by atoms with van der Waals surface area (Å²) in [5.41, 5.74) is 5.58. The van der Waals surface area contributed by atoms with Gasteiger partial charge in [-0.15, -0.1) is 0 Å². The SMILES string of the molecule is C=C(N)/C=C\C(=C)[OH2+]. The molecule has 2 nitrogen and oxygen atoms in total. The fourth-order valence-electron chi connectivity index (χ4n) is 0.208. The third-order valence-electron chi connectivity index (χ3n) is 0.499. The Morgan fingerprint density at radius 1 is 1.38 bits per heavy atom. The van der Waals surface area contributed by atoms with Crippen LogP contribution >= 0.6 is 0 Å². The van der Waals surface area contributed by atoms with Crippen molar-refractivity contribution in [1.29, 1.82) is 0 Å². The molecule has 0 rings (SSSR count).